The van der Waals surface area contributed by atoms with Crippen molar-refractivity contribution in [3.63, 3.8) is 0 Å². The van der Waals surface area contributed by atoms with E-state index in [1.54, 1.807) is 12.3 Å². The minimum atomic E-state index is -0.308. The molecule has 0 aliphatic heterocycles. The SMILES string of the molecule is O=c1[nH]c(O)c2cnccc2c1-c1ccccc1. The van der Waals surface area contributed by atoms with Gasteiger partial charge in [-0.2, -0.15) is 0 Å². The van der Waals surface area contributed by atoms with Gasteiger partial charge in [-0.05, 0) is 11.6 Å². The van der Waals surface area contributed by atoms with Crippen LogP contribution in [0.25, 0.3) is 21.9 Å². The fraction of sp³-hybridized carbons (Fsp3) is 0. The van der Waals surface area contributed by atoms with E-state index in [1.807, 2.05) is 30.3 Å². The van der Waals surface area contributed by atoms with Gasteiger partial charge in [-0.1, -0.05) is 30.3 Å². The van der Waals surface area contributed by atoms with E-state index in [2.05, 4.69) is 9.97 Å². The summed E-state index contributed by atoms with van der Waals surface area (Å²) in [5.74, 6) is -0.150. The third-order valence-electron chi connectivity index (χ3n) is 2.87. The van der Waals surface area contributed by atoms with Crippen LogP contribution in [0.3, 0.4) is 0 Å². The van der Waals surface area contributed by atoms with Crippen molar-refractivity contribution in [2.45, 2.75) is 0 Å². The second-order valence-corrected chi connectivity index (χ2v) is 3.97. The maximum absolute atomic E-state index is 12.0. The molecule has 0 aliphatic carbocycles. The van der Waals surface area contributed by atoms with Crippen LogP contribution in [-0.2, 0) is 0 Å². The van der Waals surface area contributed by atoms with Crippen LogP contribution in [0.5, 0.6) is 5.88 Å². The summed E-state index contributed by atoms with van der Waals surface area (Å²) in [6.45, 7) is 0. The Bertz CT molecular complexity index is 764. The number of pyridine rings is 2. The molecule has 3 aromatic rings. The van der Waals surface area contributed by atoms with Gasteiger partial charge < -0.3 is 5.11 Å². The van der Waals surface area contributed by atoms with Gasteiger partial charge in [0.25, 0.3) is 5.56 Å². The first-order chi connectivity index (χ1) is 8.77. The lowest BCUT2D eigenvalue weighted by molar-refractivity contribution is 0.459. The zero-order valence-electron chi connectivity index (χ0n) is 9.42. The van der Waals surface area contributed by atoms with Crippen molar-refractivity contribution in [2.75, 3.05) is 0 Å². The Morgan fingerprint density at radius 2 is 1.83 bits per heavy atom. The second kappa shape index (κ2) is 4.00. The molecule has 0 amide bonds. The molecule has 88 valence electrons. The van der Waals surface area contributed by atoms with Gasteiger partial charge in [-0.15, -0.1) is 0 Å². The molecule has 2 N–H and O–H groups in total. The first-order valence-electron chi connectivity index (χ1n) is 5.52. The van der Waals surface area contributed by atoms with Crippen LogP contribution in [0, 0.1) is 0 Å². The summed E-state index contributed by atoms with van der Waals surface area (Å²) in [5.41, 5.74) is 1.05. The smallest absolute Gasteiger partial charge is 0.259 e. The maximum Gasteiger partial charge on any atom is 0.259 e. The number of nitrogens with zero attached hydrogens (tertiary/aromatic N) is 1. The minimum absolute atomic E-state index is 0.150. The molecule has 0 fully saturated rings. The average Bonchev–Trinajstić information content (AvgIpc) is 2.40. The standard InChI is InChI=1S/C14H10N2O2/c17-13-11-8-15-7-6-10(11)12(14(18)16-13)9-4-2-1-3-5-9/h1-8H,(H2,16,17,18). The molecule has 0 saturated carbocycles. The van der Waals surface area contributed by atoms with Gasteiger partial charge in [-0.25, -0.2) is 0 Å². The summed E-state index contributed by atoms with van der Waals surface area (Å²) in [6, 6.07) is 11.1. The Morgan fingerprint density at radius 3 is 2.61 bits per heavy atom. The molecule has 18 heavy (non-hydrogen) atoms. The van der Waals surface area contributed by atoms with Crippen molar-refractivity contribution in [1.82, 2.24) is 9.97 Å². The fourth-order valence-electron chi connectivity index (χ4n) is 2.05. The highest BCUT2D eigenvalue weighted by atomic mass is 16.3. The molecule has 1 aromatic carbocycles. The van der Waals surface area contributed by atoms with Crippen molar-refractivity contribution >= 4 is 10.8 Å². The Labute approximate surface area is 103 Å². The monoisotopic (exact) mass is 238 g/mol. The number of H-pyrrole nitrogens is 1. The number of benzene rings is 1. The van der Waals surface area contributed by atoms with E-state index in [-0.39, 0.29) is 11.4 Å². The van der Waals surface area contributed by atoms with Crippen LogP contribution >= 0.6 is 0 Å². The van der Waals surface area contributed by atoms with E-state index in [1.165, 1.54) is 6.20 Å². The van der Waals surface area contributed by atoms with Crippen molar-refractivity contribution in [3.8, 4) is 17.0 Å². The largest absolute Gasteiger partial charge is 0.494 e. The Hall–Kier alpha value is -2.62. The lowest BCUT2D eigenvalue weighted by Gasteiger charge is -2.06. The molecule has 4 heteroatoms. The van der Waals surface area contributed by atoms with Gasteiger partial charge >= 0.3 is 0 Å². The molecular weight excluding hydrogens is 228 g/mol. The van der Waals surface area contributed by atoms with E-state index in [4.69, 9.17) is 0 Å². The molecule has 0 unspecified atom stereocenters. The molecular formula is C14H10N2O2. The minimum Gasteiger partial charge on any atom is -0.494 e. The Balaban J connectivity index is 2.46. The van der Waals surface area contributed by atoms with E-state index in [0.29, 0.717) is 16.3 Å². The highest BCUT2D eigenvalue weighted by Gasteiger charge is 2.11. The average molecular weight is 238 g/mol. The number of aromatic nitrogens is 2. The van der Waals surface area contributed by atoms with Crippen molar-refractivity contribution in [3.05, 3.63) is 59.1 Å². The van der Waals surface area contributed by atoms with Gasteiger partial charge in [0.2, 0.25) is 5.88 Å². The van der Waals surface area contributed by atoms with E-state index >= 15 is 0 Å². The van der Waals surface area contributed by atoms with Gasteiger partial charge in [0.1, 0.15) is 0 Å². The van der Waals surface area contributed by atoms with Gasteiger partial charge in [0.15, 0.2) is 0 Å². The lowest BCUT2D eigenvalue weighted by Crippen LogP contribution is -2.09. The van der Waals surface area contributed by atoms with Crippen LogP contribution in [0.2, 0.25) is 0 Å². The van der Waals surface area contributed by atoms with E-state index in [9.17, 15) is 9.90 Å². The first kappa shape index (κ1) is 10.5. The predicted octanol–water partition coefficient (Wildman–Crippen LogP) is 2.30. The molecule has 0 saturated heterocycles. The summed E-state index contributed by atoms with van der Waals surface area (Å²) in [7, 11) is 0. The first-order valence-corrected chi connectivity index (χ1v) is 5.52. The number of hydrogen-bond donors (Lipinski definition) is 2. The van der Waals surface area contributed by atoms with Crippen LogP contribution in [-0.4, -0.2) is 15.1 Å². The number of aromatic amines is 1. The Kier molecular flexibility index (Phi) is 2.34. The topological polar surface area (TPSA) is 66.0 Å². The maximum atomic E-state index is 12.0. The summed E-state index contributed by atoms with van der Waals surface area (Å²) >= 11 is 0. The quantitative estimate of drug-likeness (QED) is 0.683. The van der Waals surface area contributed by atoms with Gasteiger partial charge in [0, 0.05) is 17.8 Å². The lowest BCUT2D eigenvalue weighted by atomic mass is 10.0. The zero-order valence-corrected chi connectivity index (χ0v) is 9.42. The van der Waals surface area contributed by atoms with Crippen molar-refractivity contribution in [1.29, 1.82) is 0 Å². The number of aromatic hydroxyl groups is 1. The van der Waals surface area contributed by atoms with Crippen LogP contribution < -0.4 is 5.56 Å². The van der Waals surface area contributed by atoms with Crippen LogP contribution in [0.15, 0.2) is 53.6 Å². The Morgan fingerprint density at radius 1 is 1.06 bits per heavy atom. The summed E-state index contributed by atoms with van der Waals surface area (Å²) < 4.78 is 0. The summed E-state index contributed by atoms with van der Waals surface area (Å²) in [4.78, 5) is 18.4. The highest BCUT2D eigenvalue weighted by Crippen LogP contribution is 2.28. The molecule has 0 spiro atoms. The third-order valence-corrected chi connectivity index (χ3v) is 2.87. The van der Waals surface area contributed by atoms with Crippen LogP contribution in [0.1, 0.15) is 0 Å². The zero-order chi connectivity index (χ0) is 12.5. The molecule has 2 aromatic heterocycles. The molecule has 0 bridgehead atoms. The highest BCUT2D eigenvalue weighted by molar-refractivity contribution is 5.97. The summed E-state index contributed by atoms with van der Waals surface area (Å²) in [6.07, 6.45) is 3.14. The van der Waals surface area contributed by atoms with Crippen LogP contribution in [0.4, 0.5) is 0 Å². The molecule has 4 nitrogen and oxygen atoms in total. The van der Waals surface area contributed by atoms with Crippen molar-refractivity contribution < 1.29 is 5.11 Å². The van der Waals surface area contributed by atoms with E-state index in [0.717, 1.165) is 5.56 Å². The molecule has 0 aliphatic rings. The second-order valence-electron chi connectivity index (χ2n) is 3.97. The number of hydrogen-bond acceptors (Lipinski definition) is 3. The van der Waals surface area contributed by atoms with Gasteiger partial charge in [-0.3, -0.25) is 14.8 Å². The third kappa shape index (κ3) is 1.55. The molecule has 2 heterocycles. The number of fused-ring (bicyclic) bond motifs is 1. The number of rotatable bonds is 1. The molecule has 3 rings (SSSR count). The normalized spacial score (nSPS) is 10.7. The predicted molar refractivity (Wildman–Crippen MR) is 69.5 cm³/mol. The van der Waals surface area contributed by atoms with Crippen molar-refractivity contribution in [2.24, 2.45) is 0 Å². The van der Waals surface area contributed by atoms with Gasteiger partial charge in [0.05, 0.1) is 10.9 Å². The molecule has 0 radical (unpaired) electrons. The molecule has 0 atom stereocenters. The fourth-order valence-corrected chi connectivity index (χ4v) is 2.05. The number of nitrogens with one attached hydrogen (secondary N) is 1. The summed E-state index contributed by atoms with van der Waals surface area (Å²) in [5, 5.41) is 11.0. The van der Waals surface area contributed by atoms with E-state index < -0.39 is 0 Å².